The van der Waals surface area contributed by atoms with Crippen molar-refractivity contribution in [2.75, 3.05) is 13.2 Å². The predicted molar refractivity (Wildman–Crippen MR) is 115 cm³/mol. The lowest BCUT2D eigenvalue weighted by Crippen LogP contribution is -2.14. The lowest BCUT2D eigenvalue weighted by Gasteiger charge is -2.08. The number of carbonyl (C=O) groups excluding carboxylic acids is 2. The highest BCUT2D eigenvalue weighted by atomic mass is 35.5. The van der Waals surface area contributed by atoms with Gasteiger partial charge in [0.25, 0.3) is 0 Å². The highest BCUT2D eigenvalue weighted by Crippen LogP contribution is 2.17. The molecule has 2 rings (SSSR count). The van der Waals surface area contributed by atoms with Crippen LogP contribution in [-0.2, 0) is 9.47 Å². The van der Waals surface area contributed by atoms with Gasteiger partial charge in [0.1, 0.15) is 13.2 Å². The van der Waals surface area contributed by atoms with Crippen LogP contribution >= 0.6 is 23.2 Å². The van der Waals surface area contributed by atoms with E-state index in [1.54, 1.807) is 60.7 Å². The summed E-state index contributed by atoms with van der Waals surface area (Å²) in [6.45, 7) is 10.4. The average molecular weight is 423 g/mol. The smallest absolute Gasteiger partial charge is 0.339 e. The Hall–Kier alpha value is -2.56. The maximum Gasteiger partial charge on any atom is 0.339 e. The van der Waals surface area contributed by atoms with Crippen molar-refractivity contribution in [3.05, 3.63) is 95.0 Å². The zero-order valence-electron chi connectivity index (χ0n) is 16.0. The maximum absolute atomic E-state index is 11.8. The molecular formula is C22H24Cl2O4. The van der Waals surface area contributed by atoms with Crippen LogP contribution in [0.3, 0.4) is 0 Å². The molecule has 4 nitrogen and oxygen atoms in total. The molecule has 0 N–H and O–H groups in total. The molecule has 0 fully saturated rings. The number of halogens is 2. The summed E-state index contributed by atoms with van der Waals surface area (Å²) in [4.78, 5) is 23.5. The Balaban J connectivity index is 0.00000108. The summed E-state index contributed by atoms with van der Waals surface area (Å²) in [5, 5.41) is 0.612. The molecule has 0 amide bonds. The standard InChI is InChI=1S/C16H12Cl2O4.2C3H6/c17-13-7-3-1-5-11(13)15(19)21-9-10-22-16(20)12-6-2-4-8-14(12)18;2*1-3-2/h1-8H,9-10H2;2*3H,1H2,2H3. The van der Waals surface area contributed by atoms with Crippen molar-refractivity contribution < 1.29 is 19.1 Å². The predicted octanol–water partition coefficient (Wildman–Crippen LogP) is 6.39. The quantitative estimate of drug-likeness (QED) is 0.318. The van der Waals surface area contributed by atoms with Gasteiger partial charge in [-0.1, -0.05) is 59.6 Å². The molecule has 0 radical (unpaired) electrons. The number of benzene rings is 2. The summed E-state index contributed by atoms with van der Waals surface area (Å²) >= 11 is 11.8. The van der Waals surface area contributed by atoms with Crippen LogP contribution in [0.4, 0.5) is 0 Å². The van der Waals surface area contributed by atoms with Crippen LogP contribution in [-0.4, -0.2) is 25.2 Å². The molecule has 0 aliphatic heterocycles. The van der Waals surface area contributed by atoms with E-state index in [1.807, 2.05) is 13.8 Å². The number of rotatable bonds is 5. The molecule has 0 atom stereocenters. The highest BCUT2D eigenvalue weighted by molar-refractivity contribution is 6.34. The number of allylic oxidation sites excluding steroid dienone is 2. The average Bonchev–Trinajstić information content (AvgIpc) is 2.67. The third-order valence-electron chi connectivity index (χ3n) is 2.74. The molecule has 0 unspecified atom stereocenters. The van der Waals surface area contributed by atoms with Crippen molar-refractivity contribution in [1.82, 2.24) is 0 Å². The van der Waals surface area contributed by atoms with Gasteiger partial charge in [0, 0.05) is 0 Å². The van der Waals surface area contributed by atoms with Gasteiger partial charge >= 0.3 is 11.9 Å². The first-order chi connectivity index (χ1) is 13.4. The van der Waals surface area contributed by atoms with Crippen molar-refractivity contribution in [2.24, 2.45) is 0 Å². The normalized spacial score (nSPS) is 8.86. The summed E-state index contributed by atoms with van der Waals surface area (Å²) in [6.07, 6.45) is 3.50. The second-order valence-corrected chi connectivity index (χ2v) is 5.86. The fraction of sp³-hybridized carbons (Fsp3) is 0.182. The molecule has 6 heteroatoms. The van der Waals surface area contributed by atoms with Gasteiger partial charge in [0.15, 0.2) is 0 Å². The molecule has 28 heavy (non-hydrogen) atoms. The zero-order valence-corrected chi connectivity index (χ0v) is 17.5. The van der Waals surface area contributed by atoms with Gasteiger partial charge in [0.2, 0.25) is 0 Å². The van der Waals surface area contributed by atoms with Crippen molar-refractivity contribution in [3.8, 4) is 0 Å². The van der Waals surface area contributed by atoms with Gasteiger partial charge in [-0.2, -0.15) is 0 Å². The van der Waals surface area contributed by atoms with E-state index in [0.29, 0.717) is 10.0 Å². The van der Waals surface area contributed by atoms with E-state index < -0.39 is 11.9 Å². The Morgan fingerprint density at radius 2 is 1.07 bits per heavy atom. The van der Waals surface area contributed by atoms with E-state index in [2.05, 4.69) is 13.2 Å². The number of ether oxygens (including phenoxy) is 2. The third-order valence-corrected chi connectivity index (χ3v) is 3.40. The topological polar surface area (TPSA) is 52.6 Å². The third kappa shape index (κ3) is 9.95. The van der Waals surface area contributed by atoms with Crippen molar-refractivity contribution in [2.45, 2.75) is 13.8 Å². The summed E-state index contributed by atoms with van der Waals surface area (Å²) in [7, 11) is 0. The zero-order chi connectivity index (χ0) is 21.4. The Morgan fingerprint density at radius 3 is 1.36 bits per heavy atom. The first kappa shape index (κ1) is 25.4. The summed E-state index contributed by atoms with van der Waals surface area (Å²) in [5.41, 5.74) is 0.531. The van der Waals surface area contributed by atoms with Crippen molar-refractivity contribution >= 4 is 35.1 Å². The minimum atomic E-state index is -0.570. The van der Waals surface area contributed by atoms with Crippen molar-refractivity contribution in [3.63, 3.8) is 0 Å². The van der Waals surface area contributed by atoms with Crippen LogP contribution in [0.1, 0.15) is 34.6 Å². The van der Waals surface area contributed by atoms with Crippen LogP contribution in [0.5, 0.6) is 0 Å². The van der Waals surface area contributed by atoms with E-state index >= 15 is 0 Å². The number of esters is 2. The molecule has 0 aliphatic carbocycles. The SMILES string of the molecule is C=CC.C=CC.O=C(OCCOC(=O)c1ccccc1Cl)c1ccccc1Cl. The largest absolute Gasteiger partial charge is 0.458 e. The Bertz CT molecular complexity index is 707. The molecule has 2 aromatic rings. The minimum absolute atomic E-state index is 0.0692. The first-order valence-electron chi connectivity index (χ1n) is 8.40. The van der Waals surface area contributed by atoms with Crippen LogP contribution in [0.25, 0.3) is 0 Å². The second-order valence-electron chi connectivity index (χ2n) is 5.05. The van der Waals surface area contributed by atoms with E-state index in [9.17, 15) is 9.59 Å². The lowest BCUT2D eigenvalue weighted by atomic mass is 10.2. The monoisotopic (exact) mass is 422 g/mol. The van der Waals surface area contributed by atoms with Gasteiger partial charge in [-0.15, -0.1) is 13.2 Å². The van der Waals surface area contributed by atoms with Crippen molar-refractivity contribution in [1.29, 1.82) is 0 Å². The van der Waals surface area contributed by atoms with Crippen LogP contribution in [0, 0.1) is 0 Å². The second kappa shape index (κ2) is 15.5. The number of carbonyl (C=O) groups is 2. The molecule has 0 spiro atoms. The van der Waals surface area contributed by atoms with E-state index in [4.69, 9.17) is 32.7 Å². The molecule has 0 heterocycles. The van der Waals surface area contributed by atoms with Gasteiger partial charge in [-0.3, -0.25) is 0 Å². The molecule has 0 bridgehead atoms. The number of hydrogen-bond donors (Lipinski definition) is 0. The molecule has 0 saturated heterocycles. The highest BCUT2D eigenvalue weighted by Gasteiger charge is 2.13. The molecule has 0 aliphatic rings. The molecule has 2 aromatic carbocycles. The molecular weight excluding hydrogens is 399 g/mol. The first-order valence-corrected chi connectivity index (χ1v) is 9.15. The Morgan fingerprint density at radius 1 is 0.786 bits per heavy atom. The lowest BCUT2D eigenvalue weighted by molar-refractivity contribution is 0.0266. The summed E-state index contributed by atoms with van der Waals surface area (Å²) in [6, 6.07) is 13.1. The van der Waals surface area contributed by atoms with Gasteiger partial charge in [-0.25, -0.2) is 9.59 Å². The molecule has 150 valence electrons. The van der Waals surface area contributed by atoms with Crippen LogP contribution < -0.4 is 0 Å². The van der Waals surface area contributed by atoms with E-state index in [-0.39, 0.29) is 24.3 Å². The van der Waals surface area contributed by atoms with Gasteiger partial charge in [-0.05, 0) is 38.1 Å². The Labute approximate surface area is 176 Å². The van der Waals surface area contributed by atoms with E-state index in [0.717, 1.165) is 0 Å². The summed E-state index contributed by atoms with van der Waals surface area (Å²) < 4.78 is 9.98. The maximum atomic E-state index is 11.8. The Kier molecular flexibility index (Phi) is 14.1. The minimum Gasteiger partial charge on any atom is -0.458 e. The summed E-state index contributed by atoms with van der Waals surface area (Å²) in [5.74, 6) is -1.14. The van der Waals surface area contributed by atoms with E-state index in [1.165, 1.54) is 0 Å². The molecule has 0 aromatic heterocycles. The fourth-order valence-corrected chi connectivity index (χ4v) is 2.10. The van der Waals surface area contributed by atoms with Crippen LogP contribution in [0.15, 0.2) is 73.8 Å². The van der Waals surface area contributed by atoms with Crippen LogP contribution in [0.2, 0.25) is 10.0 Å². The van der Waals surface area contributed by atoms with Gasteiger partial charge < -0.3 is 9.47 Å². The number of hydrogen-bond acceptors (Lipinski definition) is 4. The molecule has 0 saturated carbocycles. The fourth-order valence-electron chi connectivity index (χ4n) is 1.68. The van der Waals surface area contributed by atoms with Gasteiger partial charge in [0.05, 0.1) is 21.2 Å².